The smallest absolute Gasteiger partial charge is 0.238 e. The normalized spacial score (nSPS) is 16.6. The molecule has 1 saturated heterocycles. The molecular weight excluding hydrogens is 276 g/mol. The van der Waals surface area contributed by atoms with Crippen LogP contribution in [0.4, 0.5) is 5.69 Å². The van der Waals surface area contributed by atoms with Crippen molar-refractivity contribution < 1.29 is 13.2 Å². The number of nitrogens with zero attached hydrogens (tertiary/aromatic N) is 2. The van der Waals surface area contributed by atoms with Crippen LogP contribution in [0.3, 0.4) is 0 Å². The van der Waals surface area contributed by atoms with Gasteiger partial charge < -0.3 is 4.74 Å². The maximum absolute atomic E-state index is 12.8. The molecule has 0 bridgehead atoms. The van der Waals surface area contributed by atoms with Crippen LogP contribution < -0.4 is 4.31 Å². The Morgan fingerprint density at radius 1 is 1.25 bits per heavy atom. The van der Waals surface area contributed by atoms with Crippen LogP contribution in [0.2, 0.25) is 0 Å². The van der Waals surface area contributed by atoms with Crippen LogP contribution >= 0.6 is 0 Å². The predicted octanol–water partition coefficient (Wildman–Crippen LogP) is 1.92. The highest BCUT2D eigenvalue weighted by atomic mass is 32.2. The molecule has 1 aromatic rings. The molecule has 108 valence electrons. The number of ether oxygens (including phenoxy) is 1. The van der Waals surface area contributed by atoms with E-state index >= 15 is 0 Å². The summed E-state index contributed by atoms with van der Waals surface area (Å²) in [5, 5.41) is 8.33. The quantitative estimate of drug-likeness (QED) is 0.832. The summed E-state index contributed by atoms with van der Waals surface area (Å²) in [6.07, 6.45) is 1.20. The van der Waals surface area contributed by atoms with Crippen LogP contribution in [0.15, 0.2) is 30.3 Å². The van der Waals surface area contributed by atoms with Crippen LogP contribution in [-0.4, -0.2) is 33.4 Å². The fourth-order valence-corrected chi connectivity index (χ4v) is 4.21. The monoisotopic (exact) mass is 294 g/mol. The second-order valence-electron chi connectivity index (χ2n) is 4.67. The Morgan fingerprint density at radius 3 is 2.50 bits per heavy atom. The van der Waals surface area contributed by atoms with Gasteiger partial charge >= 0.3 is 0 Å². The topological polar surface area (TPSA) is 70.4 Å². The van der Waals surface area contributed by atoms with E-state index in [0.717, 1.165) is 0 Å². The van der Waals surface area contributed by atoms with Crippen molar-refractivity contribution in [2.75, 3.05) is 24.1 Å². The van der Waals surface area contributed by atoms with E-state index in [9.17, 15) is 8.42 Å². The molecule has 0 radical (unpaired) electrons. The van der Waals surface area contributed by atoms with Gasteiger partial charge in [0.25, 0.3) is 0 Å². The molecule has 6 heteroatoms. The highest BCUT2D eigenvalue weighted by molar-refractivity contribution is 7.93. The SMILES string of the molecule is N#CCCN(c1ccccc1)S(=O)(=O)C1CCOCC1. The number of sulfonamides is 1. The average molecular weight is 294 g/mol. The summed E-state index contributed by atoms with van der Waals surface area (Å²) in [6.45, 7) is 1.15. The molecule has 5 nitrogen and oxygen atoms in total. The number of para-hydroxylation sites is 1. The lowest BCUT2D eigenvalue weighted by Gasteiger charge is -2.30. The van der Waals surface area contributed by atoms with Gasteiger partial charge in [0.2, 0.25) is 10.0 Å². The predicted molar refractivity (Wildman–Crippen MR) is 76.8 cm³/mol. The Hall–Kier alpha value is -1.58. The zero-order chi connectivity index (χ0) is 14.4. The van der Waals surface area contributed by atoms with Gasteiger partial charge in [-0.3, -0.25) is 4.31 Å². The molecule has 0 aromatic heterocycles. The van der Waals surface area contributed by atoms with Crippen molar-refractivity contribution in [1.82, 2.24) is 0 Å². The third-order valence-electron chi connectivity index (χ3n) is 3.37. The summed E-state index contributed by atoms with van der Waals surface area (Å²) in [6, 6.07) is 11.0. The summed E-state index contributed by atoms with van der Waals surface area (Å²) < 4.78 is 32.1. The number of hydrogen-bond acceptors (Lipinski definition) is 4. The van der Waals surface area contributed by atoms with Crippen molar-refractivity contribution in [3.05, 3.63) is 30.3 Å². The second kappa shape index (κ2) is 6.73. The van der Waals surface area contributed by atoms with Gasteiger partial charge in [-0.1, -0.05) is 18.2 Å². The number of benzene rings is 1. The number of rotatable bonds is 5. The number of nitriles is 1. The van der Waals surface area contributed by atoms with Crippen LogP contribution in [0, 0.1) is 11.3 Å². The molecule has 0 spiro atoms. The maximum atomic E-state index is 12.8. The summed E-state index contributed by atoms with van der Waals surface area (Å²) in [5.41, 5.74) is 0.620. The van der Waals surface area contributed by atoms with Gasteiger partial charge in [-0.15, -0.1) is 0 Å². The Morgan fingerprint density at radius 2 is 1.90 bits per heavy atom. The van der Waals surface area contributed by atoms with E-state index in [1.165, 1.54) is 4.31 Å². The van der Waals surface area contributed by atoms with Crippen molar-refractivity contribution >= 4 is 15.7 Å². The summed E-state index contributed by atoms with van der Waals surface area (Å²) >= 11 is 0. The Kier molecular flexibility index (Phi) is 4.99. The van der Waals surface area contributed by atoms with Crippen molar-refractivity contribution in [2.24, 2.45) is 0 Å². The summed E-state index contributed by atoms with van der Waals surface area (Å²) in [7, 11) is -3.45. The molecule has 0 amide bonds. The molecule has 0 unspecified atom stereocenters. The van der Waals surface area contributed by atoms with Crippen LogP contribution in [0.1, 0.15) is 19.3 Å². The van der Waals surface area contributed by atoms with Gasteiger partial charge in [0.15, 0.2) is 0 Å². The molecule has 1 aromatic carbocycles. The van der Waals surface area contributed by atoms with E-state index in [2.05, 4.69) is 0 Å². The molecule has 1 aliphatic heterocycles. The third-order valence-corrected chi connectivity index (χ3v) is 5.69. The number of anilines is 1. The molecule has 0 atom stereocenters. The van der Waals surface area contributed by atoms with E-state index < -0.39 is 15.3 Å². The van der Waals surface area contributed by atoms with Gasteiger partial charge in [0.1, 0.15) is 0 Å². The molecule has 0 N–H and O–H groups in total. The molecule has 2 rings (SSSR count). The van der Waals surface area contributed by atoms with Gasteiger partial charge in [0, 0.05) is 19.8 Å². The largest absolute Gasteiger partial charge is 0.381 e. The minimum atomic E-state index is -3.45. The first-order valence-electron chi connectivity index (χ1n) is 6.67. The molecule has 1 aliphatic rings. The molecule has 1 heterocycles. The van der Waals surface area contributed by atoms with E-state index in [1.807, 2.05) is 12.1 Å². The first kappa shape index (κ1) is 14.8. The van der Waals surface area contributed by atoms with Crippen molar-refractivity contribution in [1.29, 1.82) is 5.26 Å². The highest BCUT2D eigenvalue weighted by Crippen LogP contribution is 2.25. The molecule has 0 saturated carbocycles. The number of hydrogen-bond donors (Lipinski definition) is 0. The zero-order valence-electron chi connectivity index (χ0n) is 11.2. The molecule has 0 aliphatic carbocycles. The standard InChI is InChI=1S/C14H18N2O3S/c15-9-4-10-16(13-5-2-1-3-6-13)20(17,18)14-7-11-19-12-8-14/h1-3,5-6,14H,4,7-8,10-12H2. The second-order valence-corrected chi connectivity index (χ2v) is 6.81. The lowest BCUT2D eigenvalue weighted by atomic mass is 10.2. The van der Waals surface area contributed by atoms with Crippen molar-refractivity contribution in [3.8, 4) is 6.07 Å². The third kappa shape index (κ3) is 3.30. The van der Waals surface area contributed by atoms with E-state index in [4.69, 9.17) is 10.00 Å². The summed E-state index contributed by atoms with van der Waals surface area (Å²) in [5.74, 6) is 0. The lowest BCUT2D eigenvalue weighted by Crippen LogP contribution is -2.42. The van der Waals surface area contributed by atoms with Crippen LogP contribution in [0.5, 0.6) is 0 Å². The van der Waals surface area contributed by atoms with Crippen molar-refractivity contribution in [2.45, 2.75) is 24.5 Å². The van der Waals surface area contributed by atoms with Crippen LogP contribution in [0.25, 0.3) is 0 Å². The van der Waals surface area contributed by atoms with Gasteiger partial charge in [-0.2, -0.15) is 5.26 Å². The Labute approximate surface area is 119 Å². The maximum Gasteiger partial charge on any atom is 0.238 e. The first-order chi connectivity index (χ1) is 9.66. The van der Waals surface area contributed by atoms with Crippen LogP contribution in [-0.2, 0) is 14.8 Å². The fraction of sp³-hybridized carbons (Fsp3) is 0.500. The van der Waals surface area contributed by atoms with E-state index in [0.29, 0.717) is 31.7 Å². The first-order valence-corrected chi connectivity index (χ1v) is 8.18. The highest BCUT2D eigenvalue weighted by Gasteiger charge is 2.33. The Bertz CT molecular complexity index is 560. The average Bonchev–Trinajstić information content (AvgIpc) is 2.49. The molecule has 1 fully saturated rings. The lowest BCUT2D eigenvalue weighted by molar-refractivity contribution is 0.0983. The minimum absolute atomic E-state index is 0.178. The minimum Gasteiger partial charge on any atom is -0.381 e. The fourth-order valence-electron chi connectivity index (χ4n) is 2.30. The van der Waals surface area contributed by atoms with Gasteiger partial charge in [0.05, 0.1) is 23.4 Å². The van der Waals surface area contributed by atoms with Gasteiger partial charge in [-0.25, -0.2) is 8.42 Å². The molecular formula is C14H18N2O3S. The Balaban J connectivity index is 2.28. The molecule has 20 heavy (non-hydrogen) atoms. The van der Waals surface area contributed by atoms with Gasteiger partial charge in [-0.05, 0) is 25.0 Å². The summed E-state index contributed by atoms with van der Waals surface area (Å²) in [4.78, 5) is 0. The zero-order valence-corrected chi connectivity index (χ0v) is 12.1. The van der Waals surface area contributed by atoms with Crippen molar-refractivity contribution in [3.63, 3.8) is 0 Å². The van der Waals surface area contributed by atoms with E-state index in [-0.39, 0.29) is 13.0 Å². The van der Waals surface area contributed by atoms with E-state index in [1.54, 1.807) is 24.3 Å².